The summed E-state index contributed by atoms with van der Waals surface area (Å²) in [7, 11) is 0. The number of rotatable bonds is 4. The molecule has 0 fully saturated rings. The number of H-pyrrole nitrogens is 1. The number of aromatic amines is 1. The van der Waals surface area contributed by atoms with Crippen LogP contribution in [-0.2, 0) is 11.5 Å². The van der Waals surface area contributed by atoms with Crippen molar-refractivity contribution in [2.24, 2.45) is 0 Å². The molecule has 0 saturated carbocycles. The minimum atomic E-state index is -1.30. The van der Waals surface area contributed by atoms with Crippen LogP contribution in [0.2, 0.25) is 0 Å². The topological polar surface area (TPSA) is 139 Å². The number of aliphatic hydroxyl groups is 2. The fraction of sp³-hybridized carbons (Fsp3) is 0.375. The van der Waals surface area contributed by atoms with E-state index < -0.39 is 18.5 Å². The largest absolute Gasteiger partial charge is 0.391 e. The lowest BCUT2D eigenvalue weighted by molar-refractivity contribution is -0.146. The maximum atomic E-state index is 11.4. The number of ether oxygens (including phenoxy) is 1. The van der Waals surface area contributed by atoms with Crippen LogP contribution in [0.25, 0.3) is 11.2 Å². The van der Waals surface area contributed by atoms with Gasteiger partial charge >= 0.3 is 0 Å². The maximum absolute atomic E-state index is 11.4. The maximum Gasteiger partial charge on any atom is 0.280 e. The third-order valence-electron chi connectivity index (χ3n) is 2.06. The number of aliphatic hydroxyl groups excluding tert-OH is 2. The average molecular weight is 241 g/mol. The Morgan fingerprint density at radius 1 is 1.65 bits per heavy atom. The highest BCUT2D eigenvalue weighted by molar-refractivity contribution is 5.70. The Balaban J connectivity index is 2.33. The fourth-order valence-corrected chi connectivity index (χ4v) is 1.28. The number of nitrogen functional groups attached to an aromatic ring is 1. The minimum Gasteiger partial charge on any atom is -0.391 e. The van der Waals surface area contributed by atoms with Crippen LogP contribution >= 0.6 is 0 Å². The molecule has 2 heterocycles. The second-order valence-electron chi connectivity index (χ2n) is 3.27. The lowest BCUT2D eigenvalue weighted by Gasteiger charge is -2.09. The minimum absolute atomic E-state index is 0.0352. The monoisotopic (exact) mass is 241 g/mol. The summed E-state index contributed by atoms with van der Waals surface area (Å²) in [5.74, 6) is -0.0352. The summed E-state index contributed by atoms with van der Waals surface area (Å²) in [6.45, 7) is -0.628. The van der Waals surface area contributed by atoms with Crippen molar-refractivity contribution in [2.45, 2.75) is 13.0 Å². The summed E-state index contributed by atoms with van der Waals surface area (Å²) in [5, 5.41) is 17.6. The van der Waals surface area contributed by atoms with E-state index >= 15 is 0 Å². The zero-order valence-electron chi connectivity index (χ0n) is 8.70. The van der Waals surface area contributed by atoms with E-state index in [1.54, 1.807) is 0 Å². The number of anilines is 1. The molecule has 0 aliphatic heterocycles. The molecule has 2 aromatic heterocycles. The molecule has 0 bridgehead atoms. The highest BCUT2D eigenvalue weighted by atomic mass is 16.6. The Kier molecular flexibility index (Phi) is 3.04. The molecular weight excluding hydrogens is 230 g/mol. The van der Waals surface area contributed by atoms with Gasteiger partial charge in [-0.05, 0) is 0 Å². The SMILES string of the molecule is Nc1nc2c(ncn2COC(O)CO)c(=O)[nH]1. The van der Waals surface area contributed by atoms with Gasteiger partial charge in [-0.3, -0.25) is 14.3 Å². The highest BCUT2D eigenvalue weighted by Gasteiger charge is 2.10. The van der Waals surface area contributed by atoms with Gasteiger partial charge < -0.3 is 20.7 Å². The second kappa shape index (κ2) is 4.49. The van der Waals surface area contributed by atoms with Gasteiger partial charge in [-0.15, -0.1) is 0 Å². The van der Waals surface area contributed by atoms with Crippen molar-refractivity contribution in [3.8, 4) is 0 Å². The molecule has 0 aliphatic rings. The van der Waals surface area contributed by atoms with Crippen LogP contribution in [0.1, 0.15) is 0 Å². The number of nitrogens with one attached hydrogen (secondary N) is 1. The smallest absolute Gasteiger partial charge is 0.280 e. The second-order valence-corrected chi connectivity index (χ2v) is 3.27. The van der Waals surface area contributed by atoms with Crippen molar-refractivity contribution in [3.05, 3.63) is 16.7 Å². The Bertz CT molecular complexity index is 577. The van der Waals surface area contributed by atoms with Crippen LogP contribution in [0.15, 0.2) is 11.1 Å². The normalized spacial score (nSPS) is 13.1. The van der Waals surface area contributed by atoms with Crippen LogP contribution in [0.4, 0.5) is 5.95 Å². The van der Waals surface area contributed by atoms with Gasteiger partial charge in [-0.2, -0.15) is 4.98 Å². The first-order chi connectivity index (χ1) is 8.11. The number of fused-ring (bicyclic) bond motifs is 1. The number of nitrogens with zero attached hydrogens (tertiary/aromatic N) is 3. The molecule has 5 N–H and O–H groups in total. The standard InChI is InChI=1S/C8H11N5O4/c9-8-11-6-5(7(16)12-8)10-2-13(6)3-17-4(15)1-14/h2,4,14-15H,1,3H2,(H3,9,11,12,16). The number of hydrogen-bond donors (Lipinski definition) is 4. The van der Waals surface area contributed by atoms with E-state index in [1.165, 1.54) is 10.9 Å². The number of nitrogens with two attached hydrogens (primary N) is 1. The van der Waals surface area contributed by atoms with Gasteiger partial charge in [0.25, 0.3) is 5.56 Å². The van der Waals surface area contributed by atoms with Crippen molar-refractivity contribution in [2.75, 3.05) is 12.3 Å². The summed E-state index contributed by atoms with van der Waals surface area (Å²) < 4.78 is 6.25. The molecule has 0 saturated heterocycles. The summed E-state index contributed by atoms with van der Waals surface area (Å²) in [6, 6.07) is 0. The first-order valence-corrected chi connectivity index (χ1v) is 4.73. The number of aromatic nitrogens is 4. The lowest BCUT2D eigenvalue weighted by atomic mass is 10.5. The van der Waals surface area contributed by atoms with Gasteiger partial charge in [0.05, 0.1) is 12.9 Å². The van der Waals surface area contributed by atoms with Gasteiger partial charge in [0.15, 0.2) is 17.5 Å². The van der Waals surface area contributed by atoms with Crippen molar-refractivity contribution < 1.29 is 14.9 Å². The van der Waals surface area contributed by atoms with E-state index in [2.05, 4.69) is 15.0 Å². The third-order valence-corrected chi connectivity index (χ3v) is 2.06. The summed E-state index contributed by atoms with van der Waals surface area (Å²) >= 11 is 0. The Hall–Kier alpha value is -1.97. The lowest BCUT2D eigenvalue weighted by Crippen LogP contribution is -2.19. The number of hydrogen-bond acceptors (Lipinski definition) is 7. The molecule has 9 heteroatoms. The van der Waals surface area contributed by atoms with Crippen LogP contribution in [0.3, 0.4) is 0 Å². The summed E-state index contributed by atoms with van der Waals surface area (Å²) in [6.07, 6.45) is 0.0305. The van der Waals surface area contributed by atoms with Crippen molar-refractivity contribution >= 4 is 17.1 Å². The van der Waals surface area contributed by atoms with Gasteiger partial charge in [-0.1, -0.05) is 0 Å². The average Bonchev–Trinajstić information content (AvgIpc) is 2.69. The van der Waals surface area contributed by atoms with Crippen LogP contribution in [-0.4, -0.2) is 42.6 Å². The van der Waals surface area contributed by atoms with E-state index in [4.69, 9.17) is 20.7 Å². The van der Waals surface area contributed by atoms with Crippen LogP contribution < -0.4 is 11.3 Å². The quantitative estimate of drug-likeness (QED) is 0.453. The van der Waals surface area contributed by atoms with Gasteiger partial charge in [0.1, 0.15) is 6.73 Å². The molecule has 0 radical (unpaired) electrons. The predicted octanol–water partition coefficient (Wildman–Crippen LogP) is -2.01. The molecule has 1 atom stereocenters. The van der Waals surface area contributed by atoms with Gasteiger partial charge in [0, 0.05) is 0 Å². The van der Waals surface area contributed by atoms with Gasteiger partial charge in [-0.25, -0.2) is 4.98 Å². The van der Waals surface area contributed by atoms with Gasteiger partial charge in [0.2, 0.25) is 5.95 Å². The van der Waals surface area contributed by atoms with E-state index in [-0.39, 0.29) is 23.8 Å². The van der Waals surface area contributed by atoms with Crippen LogP contribution in [0, 0.1) is 0 Å². The van der Waals surface area contributed by atoms with E-state index in [9.17, 15) is 4.79 Å². The fourth-order valence-electron chi connectivity index (χ4n) is 1.28. The molecule has 2 aromatic rings. The van der Waals surface area contributed by atoms with Crippen molar-refractivity contribution in [3.63, 3.8) is 0 Å². The molecule has 0 aromatic carbocycles. The van der Waals surface area contributed by atoms with Crippen LogP contribution in [0.5, 0.6) is 0 Å². The zero-order chi connectivity index (χ0) is 12.4. The van der Waals surface area contributed by atoms with Crippen molar-refractivity contribution in [1.82, 2.24) is 19.5 Å². The number of imidazole rings is 1. The van der Waals surface area contributed by atoms with E-state index in [1.807, 2.05) is 0 Å². The molecule has 2 rings (SSSR count). The molecule has 0 aliphatic carbocycles. The molecule has 0 spiro atoms. The molecule has 92 valence electrons. The molecule has 17 heavy (non-hydrogen) atoms. The Labute approximate surface area is 94.5 Å². The first kappa shape index (κ1) is 11.5. The summed E-state index contributed by atoms with van der Waals surface area (Å²) in [5.41, 5.74) is 5.32. The summed E-state index contributed by atoms with van der Waals surface area (Å²) in [4.78, 5) is 21.5. The Morgan fingerprint density at radius 2 is 2.41 bits per heavy atom. The zero-order valence-corrected chi connectivity index (χ0v) is 8.70. The Morgan fingerprint density at radius 3 is 3.12 bits per heavy atom. The van der Waals surface area contributed by atoms with E-state index in [0.29, 0.717) is 0 Å². The first-order valence-electron chi connectivity index (χ1n) is 4.73. The molecule has 1 unspecified atom stereocenters. The molecule has 0 amide bonds. The van der Waals surface area contributed by atoms with E-state index in [0.717, 1.165) is 0 Å². The molecule has 9 nitrogen and oxygen atoms in total. The highest BCUT2D eigenvalue weighted by Crippen LogP contribution is 2.06. The third kappa shape index (κ3) is 2.25. The molecular formula is C8H11N5O4. The predicted molar refractivity (Wildman–Crippen MR) is 56.7 cm³/mol. The van der Waals surface area contributed by atoms with Crippen molar-refractivity contribution in [1.29, 1.82) is 0 Å².